The van der Waals surface area contributed by atoms with E-state index >= 15 is 0 Å². The summed E-state index contributed by atoms with van der Waals surface area (Å²) in [6.07, 6.45) is 0. The van der Waals surface area contributed by atoms with Gasteiger partial charge in [0, 0.05) is 30.6 Å². The smallest absolute Gasteiger partial charge is 0.225 e. The molecule has 1 amide bonds. The molecule has 128 valence electrons. The van der Waals surface area contributed by atoms with Crippen LogP contribution in [-0.2, 0) is 4.79 Å². The number of hydrogen-bond acceptors (Lipinski definition) is 2. The van der Waals surface area contributed by atoms with Crippen LogP contribution in [0.4, 0.5) is 0 Å². The molecule has 0 aliphatic carbocycles. The average molecular weight is 339 g/mol. The molecule has 0 saturated carbocycles. The number of guanidine groups is 1. The molecule has 0 radical (unpaired) electrons. The molecule has 6 heteroatoms. The summed E-state index contributed by atoms with van der Waals surface area (Å²) in [4.78, 5) is 16.0. The highest BCUT2D eigenvalue weighted by atomic mass is 35.5. The number of carbonyl (C=O) groups is 1. The van der Waals surface area contributed by atoms with Crippen LogP contribution in [0, 0.1) is 5.41 Å². The minimum Gasteiger partial charge on any atom is -0.355 e. The second kappa shape index (κ2) is 8.77. The summed E-state index contributed by atoms with van der Waals surface area (Å²) >= 11 is 6.20. The second-order valence-electron chi connectivity index (χ2n) is 6.39. The van der Waals surface area contributed by atoms with E-state index in [1.807, 2.05) is 52.0 Å². The van der Waals surface area contributed by atoms with Gasteiger partial charge in [0.15, 0.2) is 5.96 Å². The van der Waals surface area contributed by atoms with Crippen molar-refractivity contribution >= 4 is 23.5 Å². The summed E-state index contributed by atoms with van der Waals surface area (Å²) in [7, 11) is 1.71. The normalized spacial score (nSPS) is 13.4. The Morgan fingerprint density at radius 1 is 1.22 bits per heavy atom. The molecule has 1 aromatic carbocycles. The maximum Gasteiger partial charge on any atom is 0.225 e. The number of aliphatic imine (C=N–C) groups is 1. The number of hydrogen-bond donors (Lipinski definition) is 3. The highest BCUT2D eigenvalue weighted by Gasteiger charge is 2.20. The van der Waals surface area contributed by atoms with Crippen LogP contribution in [0.25, 0.3) is 0 Å². The first-order chi connectivity index (χ1) is 10.8. The zero-order valence-electron chi connectivity index (χ0n) is 14.5. The highest BCUT2D eigenvalue weighted by molar-refractivity contribution is 6.31. The number of amides is 1. The Bertz CT molecular complexity index is 552. The Morgan fingerprint density at radius 3 is 2.39 bits per heavy atom. The number of benzene rings is 1. The van der Waals surface area contributed by atoms with Crippen LogP contribution in [0.5, 0.6) is 0 Å². The van der Waals surface area contributed by atoms with E-state index in [2.05, 4.69) is 20.9 Å². The van der Waals surface area contributed by atoms with Crippen LogP contribution in [0.2, 0.25) is 5.02 Å². The lowest BCUT2D eigenvalue weighted by Gasteiger charge is -2.20. The summed E-state index contributed by atoms with van der Waals surface area (Å²) in [6, 6.07) is 7.74. The van der Waals surface area contributed by atoms with Crippen LogP contribution >= 0.6 is 11.6 Å². The third-order valence-electron chi connectivity index (χ3n) is 3.33. The Labute approximate surface area is 143 Å². The first-order valence-electron chi connectivity index (χ1n) is 7.75. The fraction of sp³-hybridized carbons (Fsp3) is 0.529. The number of carbonyl (C=O) groups excluding carboxylic acids is 1. The van der Waals surface area contributed by atoms with E-state index in [1.54, 1.807) is 7.05 Å². The first kappa shape index (κ1) is 19.3. The van der Waals surface area contributed by atoms with Crippen molar-refractivity contribution in [1.82, 2.24) is 16.0 Å². The maximum atomic E-state index is 11.8. The van der Waals surface area contributed by atoms with E-state index in [1.165, 1.54) is 0 Å². The molecule has 0 aliphatic heterocycles. The van der Waals surface area contributed by atoms with Gasteiger partial charge in [-0.05, 0) is 18.6 Å². The van der Waals surface area contributed by atoms with Gasteiger partial charge in [-0.15, -0.1) is 0 Å². The summed E-state index contributed by atoms with van der Waals surface area (Å²) in [5.74, 6) is 0.703. The molecule has 23 heavy (non-hydrogen) atoms. The van der Waals surface area contributed by atoms with Gasteiger partial charge in [0.2, 0.25) is 5.91 Å². The number of halogens is 1. The predicted molar refractivity (Wildman–Crippen MR) is 96.8 cm³/mol. The maximum absolute atomic E-state index is 11.8. The van der Waals surface area contributed by atoms with Crippen molar-refractivity contribution in [3.63, 3.8) is 0 Å². The van der Waals surface area contributed by atoms with Crippen LogP contribution < -0.4 is 16.0 Å². The van der Waals surface area contributed by atoms with E-state index < -0.39 is 0 Å². The van der Waals surface area contributed by atoms with Crippen LogP contribution in [0.15, 0.2) is 29.3 Å². The van der Waals surface area contributed by atoms with Crippen molar-refractivity contribution in [2.75, 3.05) is 20.1 Å². The van der Waals surface area contributed by atoms with E-state index in [0.717, 1.165) is 10.6 Å². The van der Waals surface area contributed by atoms with Gasteiger partial charge in [-0.1, -0.05) is 50.6 Å². The molecule has 0 aromatic heterocycles. The van der Waals surface area contributed by atoms with Crippen molar-refractivity contribution in [1.29, 1.82) is 0 Å². The standard InChI is InChI=1S/C17H27ClN4O/c1-12(13-8-6-7-9-14(13)18)22-16(19-5)21-11-10-20-15(23)17(2,3)4/h6-9,12H,10-11H2,1-5H3,(H,20,23)(H2,19,21,22). The van der Waals surface area contributed by atoms with Crippen molar-refractivity contribution in [3.8, 4) is 0 Å². The minimum atomic E-state index is -0.376. The van der Waals surface area contributed by atoms with Gasteiger partial charge in [0.1, 0.15) is 0 Å². The Morgan fingerprint density at radius 2 is 1.83 bits per heavy atom. The molecular formula is C17H27ClN4O. The van der Waals surface area contributed by atoms with Crippen LogP contribution in [-0.4, -0.2) is 32.0 Å². The molecule has 1 unspecified atom stereocenters. The van der Waals surface area contributed by atoms with Gasteiger partial charge < -0.3 is 16.0 Å². The molecule has 0 heterocycles. The number of rotatable bonds is 5. The molecule has 0 aliphatic rings. The van der Waals surface area contributed by atoms with Gasteiger partial charge in [0.05, 0.1) is 6.04 Å². The van der Waals surface area contributed by atoms with Gasteiger partial charge in [-0.3, -0.25) is 9.79 Å². The minimum absolute atomic E-state index is 0.0269. The predicted octanol–water partition coefficient (Wildman–Crippen LogP) is 2.73. The van der Waals surface area contributed by atoms with Gasteiger partial charge in [-0.25, -0.2) is 0 Å². The van der Waals surface area contributed by atoms with E-state index in [4.69, 9.17) is 11.6 Å². The molecule has 0 saturated heterocycles. The Kier molecular flexibility index (Phi) is 7.36. The summed E-state index contributed by atoms with van der Waals surface area (Å²) in [6.45, 7) is 8.83. The second-order valence-corrected chi connectivity index (χ2v) is 6.80. The summed E-state index contributed by atoms with van der Waals surface area (Å²) < 4.78 is 0. The first-order valence-corrected chi connectivity index (χ1v) is 8.13. The highest BCUT2D eigenvalue weighted by Crippen LogP contribution is 2.21. The molecule has 5 nitrogen and oxygen atoms in total. The summed E-state index contributed by atoms with van der Waals surface area (Å²) in [5.41, 5.74) is 0.636. The quantitative estimate of drug-likeness (QED) is 0.439. The van der Waals surface area contributed by atoms with Crippen molar-refractivity contribution < 1.29 is 4.79 Å². The third-order valence-corrected chi connectivity index (χ3v) is 3.68. The molecule has 0 fully saturated rings. The zero-order valence-corrected chi connectivity index (χ0v) is 15.3. The van der Waals surface area contributed by atoms with Crippen molar-refractivity contribution in [3.05, 3.63) is 34.9 Å². The van der Waals surface area contributed by atoms with Gasteiger partial charge in [-0.2, -0.15) is 0 Å². The van der Waals surface area contributed by atoms with E-state index in [-0.39, 0.29) is 17.4 Å². The molecule has 0 bridgehead atoms. The summed E-state index contributed by atoms with van der Waals surface area (Å²) in [5, 5.41) is 10.1. The lowest BCUT2D eigenvalue weighted by molar-refractivity contribution is -0.128. The fourth-order valence-electron chi connectivity index (χ4n) is 1.93. The lowest BCUT2D eigenvalue weighted by Crippen LogP contribution is -2.44. The molecule has 0 spiro atoms. The largest absolute Gasteiger partial charge is 0.355 e. The zero-order chi connectivity index (χ0) is 17.5. The SMILES string of the molecule is CN=C(NCCNC(=O)C(C)(C)C)NC(C)c1ccccc1Cl. The molecule has 1 atom stereocenters. The Hall–Kier alpha value is -1.75. The van der Waals surface area contributed by atoms with Crippen molar-refractivity contribution in [2.45, 2.75) is 33.7 Å². The van der Waals surface area contributed by atoms with E-state index in [0.29, 0.717) is 19.0 Å². The molecule has 1 rings (SSSR count). The topological polar surface area (TPSA) is 65.5 Å². The monoisotopic (exact) mass is 338 g/mol. The third kappa shape index (κ3) is 6.48. The Balaban J connectivity index is 2.44. The van der Waals surface area contributed by atoms with Crippen molar-refractivity contribution in [2.24, 2.45) is 10.4 Å². The van der Waals surface area contributed by atoms with Gasteiger partial charge >= 0.3 is 0 Å². The fourth-order valence-corrected chi connectivity index (χ4v) is 2.23. The van der Waals surface area contributed by atoms with E-state index in [9.17, 15) is 4.79 Å². The molecule has 3 N–H and O–H groups in total. The molecular weight excluding hydrogens is 312 g/mol. The lowest BCUT2D eigenvalue weighted by atomic mass is 9.96. The molecule has 1 aromatic rings. The van der Waals surface area contributed by atoms with Crippen LogP contribution in [0.3, 0.4) is 0 Å². The van der Waals surface area contributed by atoms with Gasteiger partial charge in [0.25, 0.3) is 0 Å². The van der Waals surface area contributed by atoms with Crippen LogP contribution in [0.1, 0.15) is 39.3 Å². The number of nitrogens with zero attached hydrogens (tertiary/aromatic N) is 1. The average Bonchev–Trinajstić information content (AvgIpc) is 2.49. The number of nitrogens with one attached hydrogen (secondary N) is 3.